The topological polar surface area (TPSA) is 52.6 Å². The molecule has 0 aromatic carbocycles. The molecule has 2 aliphatic rings. The van der Waals surface area contributed by atoms with E-state index in [1.54, 1.807) is 0 Å². The molecule has 1 amide bonds. The van der Waals surface area contributed by atoms with E-state index in [1.165, 1.54) is 0 Å². The van der Waals surface area contributed by atoms with Crippen LogP contribution in [0.15, 0.2) is 0 Å². The minimum Gasteiger partial charge on any atom is -0.396 e. The van der Waals surface area contributed by atoms with E-state index < -0.39 is 0 Å². The monoisotopic (exact) mass is 240 g/mol. The van der Waals surface area contributed by atoms with Crippen molar-refractivity contribution in [1.29, 1.82) is 0 Å². The fraction of sp³-hybridized carbons (Fsp3) is 0.923. The van der Waals surface area contributed by atoms with E-state index in [9.17, 15) is 4.79 Å². The number of nitrogens with one attached hydrogen (secondary N) is 1. The van der Waals surface area contributed by atoms with Gasteiger partial charge in [-0.1, -0.05) is 13.8 Å². The van der Waals surface area contributed by atoms with Gasteiger partial charge in [0, 0.05) is 25.6 Å². The highest BCUT2D eigenvalue weighted by Gasteiger charge is 2.40. The lowest BCUT2D eigenvalue weighted by atomic mass is 9.77. The third-order valence-corrected chi connectivity index (χ3v) is 4.23. The summed E-state index contributed by atoms with van der Waals surface area (Å²) in [5, 5.41) is 12.5. The fourth-order valence-corrected chi connectivity index (χ4v) is 3.00. The number of aliphatic hydroxyl groups excluding tert-OH is 1. The number of piperidine rings is 1. The molecule has 2 rings (SSSR count). The van der Waals surface area contributed by atoms with E-state index in [1.807, 2.05) is 4.90 Å². The van der Waals surface area contributed by atoms with Gasteiger partial charge in [0.05, 0.1) is 6.04 Å². The molecule has 98 valence electrons. The second-order valence-corrected chi connectivity index (χ2v) is 6.10. The predicted octanol–water partition coefficient (Wildman–Crippen LogP) is 0.605. The molecule has 0 bridgehead atoms. The number of hydrogen-bond acceptors (Lipinski definition) is 3. The summed E-state index contributed by atoms with van der Waals surface area (Å²) in [6, 6.07) is -0.0475. The zero-order chi connectivity index (χ0) is 12.5. The van der Waals surface area contributed by atoms with Gasteiger partial charge in [-0.15, -0.1) is 0 Å². The van der Waals surface area contributed by atoms with Crippen molar-refractivity contribution in [3.05, 3.63) is 0 Å². The summed E-state index contributed by atoms with van der Waals surface area (Å²) in [5.74, 6) is 0.510. The number of rotatable bonds is 2. The van der Waals surface area contributed by atoms with Gasteiger partial charge in [-0.3, -0.25) is 4.79 Å². The molecule has 0 spiro atoms. The molecule has 2 saturated heterocycles. The van der Waals surface area contributed by atoms with E-state index in [2.05, 4.69) is 19.2 Å². The van der Waals surface area contributed by atoms with Gasteiger partial charge >= 0.3 is 0 Å². The van der Waals surface area contributed by atoms with Crippen LogP contribution in [0.3, 0.4) is 0 Å². The molecule has 2 unspecified atom stereocenters. The van der Waals surface area contributed by atoms with Crippen molar-refractivity contribution in [3.8, 4) is 0 Å². The predicted molar refractivity (Wildman–Crippen MR) is 66.6 cm³/mol. The Kier molecular flexibility index (Phi) is 3.73. The molecule has 4 heteroatoms. The molecule has 0 radical (unpaired) electrons. The van der Waals surface area contributed by atoms with Crippen molar-refractivity contribution in [2.75, 3.05) is 26.2 Å². The molecule has 2 fully saturated rings. The van der Waals surface area contributed by atoms with Gasteiger partial charge < -0.3 is 15.3 Å². The zero-order valence-electron chi connectivity index (χ0n) is 10.9. The van der Waals surface area contributed by atoms with Crippen LogP contribution in [-0.4, -0.2) is 48.2 Å². The Morgan fingerprint density at radius 2 is 2.29 bits per heavy atom. The van der Waals surface area contributed by atoms with Crippen LogP contribution in [0.4, 0.5) is 0 Å². The van der Waals surface area contributed by atoms with Gasteiger partial charge in [-0.2, -0.15) is 0 Å². The lowest BCUT2D eigenvalue weighted by Gasteiger charge is -2.40. The van der Waals surface area contributed by atoms with Crippen LogP contribution in [0.25, 0.3) is 0 Å². The standard InChI is InChI=1S/C13H24N2O2/c1-13(2)5-3-6-14-11(13)12(17)15-7-4-10(8-15)9-16/h10-11,14,16H,3-9H2,1-2H3. The van der Waals surface area contributed by atoms with Gasteiger partial charge in [0.2, 0.25) is 5.91 Å². The van der Waals surface area contributed by atoms with E-state index in [0.29, 0.717) is 0 Å². The van der Waals surface area contributed by atoms with Crippen LogP contribution in [0.5, 0.6) is 0 Å². The molecule has 0 aromatic rings. The molecule has 17 heavy (non-hydrogen) atoms. The first-order valence-electron chi connectivity index (χ1n) is 6.67. The molecular weight excluding hydrogens is 216 g/mol. The van der Waals surface area contributed by atoms with Crippen molar-refractivity contribution in [1.82, 2.24) is 10.2 Å². The number of hydrogen-bond donors (Lipinski definition) is 2. The van der Waals surface area contributed by atoms with Gasteiger partial charge in [0.25, 0.3) is 0 Å². The minimum absolute atomic E-state index is 0.0475. The molecule has 2 heterocycles. The fourth-order valence-electron chi connectivity index (χ4n) is 3.00. The lowest BCUT2D eigenvalue weighted by molar-refractivity contribution is -0.136. The Morgan fingerprint density at radius 1 is 1.53 bits per heavy atom. The van der Waals surface area contributed by atoms with E-state index in [4.69, 9.17) is 5.11 Å². The average Bonchev–Trinajstić information content (AvgIpc) is 2.76. The Labute approximate surface area is 103 Å². The lowest BCUT2D eigenvalue weighted by Crippen LogP contribution is -2.56. The van der Waals surface area contributed by atoms with Crippen molar-refractivity contribution in [2.24, 2.45) is 11.3 Å². The SMILES string of the molecule is CC1(C)CCCNC1C(=O)N1CCC(CO)C1. The second-order valence-electron chi connectivity index (χ2n) is 6.10. The van der Waals surface area contributed by atoms with E-state index in [0.717, 1.165) is 38.9 Å². The zero-order valence-corrected chi connectivity index (χ0v) is 10.9. The molecule has 0 aliphatic carbocycles. The molecule has 0 aromatic heterocycles. The number of amides is 1. The summed E-state index contributed by atoms with van der Waals surface area (Å²) < 4.78 is 0. The maximum Gasteiger partial charge on any atom is 0.240 e. The van der Waals surface area contributed by atoms with Crippen LogP contribution >= 0.6 is 0 Å². The maximum absolute atomic E-state index is 12.5. The van der Waals surface area contributed by atoms with Gasteiger partial charge in [-0.05, 0) is 31.2 Å². The van der Waals surface area contributed by atoms with Crippen molar-refractivity contribution >= 4 is 5.91 Å². The molecule has 2 aliphatic heterocycles. The number of likely N-dealkylation sites (tertiary alicyclic amines) is 1. The van der Waals surface area contributed by atoms with Crippen LogP contribution in [-0.2, 0) is 4.79 Å². The highest BCUT2D eigenvalue weighted by atomic mass is 16.3. The molecule has 4 nitrogen and oxygen atoms in total. The molecule has 0 saturated carbocycles. The Bertz CT molecular complexity index is 291. The van der Waals surface area contributed by atoms with Crippen molar-refractivity contribution < 1.29 is 9.90 Å². The number of carbonyl (C=O) groups is 1. The van der Waals surface area contributed by atoms with E-state index >= 15 is 0 Å². The Hall–Kier alpha value is -0.610. The highest BCUT2D eigenvalue weighted by molar-refractivity contribution is 5.83. The first-order valence-corrected chi connectivity index (χ1v) is 6.67. The van der Waals surface area contributed by atoms with E-state index in [-0.39, 0.29) is 29.9 Å². The third kappa shape index (κ3) is 2.63. The summed E-state index contributed by atoms with van der Waals surface area (Å²) in [7, 11) is 0. The first-order chi connectivity index (χ1) is 8.04. The van der Waals surface area contributed by atoms with Crippen LogP contribution in [0.1, 0.15) is 33.1 Å². The first kappa shape index (κ1) is 12.8. The summed E-state index contributed by atoms with van der Waals surface area (Å²) in [6.07, 6.45) is 3.19. The number of nitrogens with zero attached hydrogens (tertiary/aromatic N) is 1. The second kappa shape index (κ2) is 4.94. The molecule has 2 atom stereocenters. The maximum atomic E-state index is 12.5. The molecular formula is C13H24N2O2. The average molecular weight is 240 g/mol. The number of aliphatic hydroxyl groups is 1. The van der Waals surface area contributed by atoms with Gasteiger partial charge in [0.1, 0.15) is 0 Å². The van der Waals surface area contributed by atoms with Crippen molar-refractivity contribution in [2.45, 2.75) is 39.2 Å². The minimum atomic E-state index is -0.0475. The molecule has 2 N–H and O–H groups in total. The third-order valence-electron chi connectivity index (χ3n) is 4.23. The Balaban J connectivity index is 1.99. The smallest absolute Gasteiger partial charge is 0.240 e. The van der Waals surface area contributed by atoms with Gasteiger partial charge in [-0.25, -0.2) is 0 Å². The quantitative estimate of drug-likeness (QED) is 0.743. The normalized spacial score (nSPS) is 32.8. The van der Waals surface area contributed by atoms with Crippen LogP contribution < -0.4 is 5.32 Å². The van der Waals surface area contributed by atoms with Crippen LogP contribution in [0.2, 0.25) is 0 Å². The summed E-state index contributed by atoms with van der Waals surface area (Å²) in [4.78, 5) is 14.4. The number of carbonyl (C=O) groups excluding carboxylic acids is 1. The largest absolute Gasteiger partial charge is 0.396 e. The summed E-state index contributed by atoms with van der Waals surface area (Å²) in [6.45, 7) is 7.01. The van der Waals surface area contributed by atoms with Crippen LogP contribution in [0, 0.1) is 11.3 Å². The summed E-state index contributed by atoms with van der Waals surface area (Å²) >= 11 is 0. The van der Waals surface area contributed by atoms with Gasteiger partial charge in [0.15, 0.2) is 0 Å². The van der Waals surface area contributed by atoms with Crippen molar-refractivity contribution in [3.63, 3.8) is 0 Å². The summed E-state index contributed by atoms with van der Waals surface area (Å²) in [5.41, 5.74) is 0.0482. The Morgan fingerprint density at radius 3 is 2.88 bits per heavy atom. The highest BCUT2D eigenvalue weighted by Crippen LogP contribution is 2.32.